The van der Waals surface area contributed by atoms with E-state index in [1.165, 1.54) is 0 Å². The van der Waals surface area contributed by atoms with Crippen molar-refractivity contribution in [2.24, 2.45) is 0 Å². The van der Waals surface area contributed by atoms with Gasteiger partial charge in [0.25, 0.3) is 0 Å². The molecule has 0 radical (unpaired) electrons. The van der Waals surface area contributed by atoms with E-state index in [0.29, 0.717) is 5.76 Å². The molecule has 1 aliphatic heterocycles. The van der Waals surface area contributed by atoms with Crippen LogP contribution < -0.4 is 4.90 Å². The molecule has 140 valence electrons. The van der Waals surface area contributed by atoms with Crippen LogP contribution in [0.25, 0.3) is 5.76 Å². The van der Waals surface area contributed by atoms with E-state index in [9.17, 15) is 4.79 Å². The number of carbonyl (C=O) groups is 1. The molecular weight excluding hydrogens is 393 g/mol. The van der Waals surface area contributed by atoms with Crippen LogP contribution in [0.15, 0.2) is 97.1 Å². The highest BCUT2D eigenvalue weighted by Crippen LogP contribution is 2.43. The molecule has 1 atom stereocenters. The molecule has 3 nitrogen and oxygen atoms in total. The quantitative estimate of drug-likeness (QED) is 0.392. The summed E-state index contributed by atoms with van der Waals surface area (Å²) in [5, 5.41) is 0. The van der Waals surface area contributed by atoms with E-state index in [-0.39, 0.29) is 0 Å². The van der Waals surface area contributed by atoms with E-state index in [2.05, 4.69) is 0 Å². The molecule has 1 unspecified atom stereocenters. The zero-order chi connectivity index (χ0) is 19.6. The summed E-state index contributed by atoms with van der Waals surface area (Å²) < 4.78 is 3.70. The molecule has 0 fully saturated rings. The number of ether oxygens (including phenoxy) is 1. The second kappa shape index (κ2) is 7.70. The Kier molecular flexibility index (Phi) is 5.12. The van der Waals surface area contributed by atoms with E-state index in [4.69, 9.17) is 27.9 Å². The minimum Gasteiger partial charge on any atom is -0.424 e. The number of hydrogen-bond acceptors (Lipinski definition) is 3. The minimum absolute atomic E-state index is 0.435. The molecule has 0 amide bonds. The van der Waals surface area contributed by atoms with Crippen LogP contribution in [0, 0.1) is 0 Å². The van der Waals surface area contributed by atoms with Crippen molar-refractivity contribution in [1.29, 1.82) is 0 Å². The smallest absolute Gasteiger partial charge is 0.350 e. The Balaban J connectivity index is 1.88. The fourth-order valence-electron chi connectivity index (χ4n) is 3.21. The van der Waals surface area contributed by atoms with Gasteiger partial charge in [-0.25, -0.2) is 4.79 Å². The topological polar surface area (TPSA) is 29.5 Å². The first kappa shape index (κ1) is 18.6. The average molecular weight is 410 g/mol. The second-order valence-electron chi connectivity index (χ2n) is 6.40. The first-order valence-corrected chi connectivity index (χ1v) is 9.59. The van der Waals surface area contributed by atoms with Crippen molar-refractivity contribution in [3.8, 4) is 0 Å². The fourth-order valence-corrected chi connectivity index (χ4v) is 3.61. The number of cyclic esters (lactones) is 1. The van der Waals surface area contributed by atoms with Crippen LogP contribution >= 0.6 is 23.2 Å². The van der Waals surface area contributed by atoms with Crippen LogP contribution in [0.1, 0.15) is 5.56 Å². The molecule has 0 saturated heterocycles. The molecule has 4 rings (SSSR count). The van der Waals surface area contributed by atoms with Gasteiger partial charge >= 0.3 is 5.97 Å². The maximum Gasteiger partial charge on any atom is 0.350 e. The van der Waals surface area contributed by atoms with Crippen molar-refractivity contribution in [1.82, 2.24) is 0 Å². The molecule has 1 aliphatic rings. The fraction of sp³-hybridized carbons (Fsp3) is 0.0870. The molecule has 0 spiro atoms. The summed E-state index contributed by atoms with van der Waals surface area (Å²) in [6, 6.07) is 28.1. The number of carbonyl (C=O) groups excluding carboxylic acids is 1. The van der Waals surface area contributed by atoms with E-state index in [1.54, 1.807) is 6.08 Å². The average Bonchev–Trinajstić information content (AvgIpc) is 2.74. The highest BCUT2D eigenvalue weighted by molar-refractivity contribution is 6.59. The van der Waals surface area contributed by atoms with Gasteiger partial charge in [-0.3, -0.25) is 0 Å². The molecule has 0 bridgehead atoms. The first-order valence-electron chi connectivity index (χ1n) is 8.84. The van der Waals surface area contributed by atoms with E-state index >= 15 is 0 Å². The standard InChI is InChI=1S/C23H17Cl2NO2/c24-23(25)21(16-20(28-22(23)27)17-10-4-1-5-11-17)26(18-12-6-2-7-13-18)19-14-8-3-9-15-19/h1-16,21H. The van der Waals surface area contributed by atoms with Crippen molar-refractivity contribution < 1.29 is 9.53 Å². The summed E-state index contributed by atoms with van der Waals surface area (Å²) in [6.45, 7) is 0. The maximum atomic E-state index is 12.7. The Morgan fingerprint density at radius 1 is 0.750 bits per heavy atom. The Labute approximate surface area is 173 Å². The van der Waals surface area contributed by atoms with Gasteiger partial charge in [0.15, 0.2) is 0 Å². The SMILES string of the molecule is O=C1OC(c2ccccc2)=CC(N(c2ccccc2)c2ccccc2)C1(Cl)Cl. The molecule has 28 heavy (non-hydrogen) atoms. The summed E-state index contributed by atoms with van der Waals surface area (Å²) in [4.78, 5) is 14.7. The number of benzene rings is 3. The van der Waals surface area contributed by atoms with Gasteiger partial charge in [0.2, 0.25) is 4.33 Å². The van der Waals surface area contributed by atoms with E-state index in [0.717, 1.165) is 16.9 Å². The van der Waals surface area contributed by atoms with Crippen LogP contribution in [0.4, 0.5) is 11.4 Å². The molecular formula is C23H17Cl2NO2. The highest BCUT2D eigenvalue weighted by atomic mass is 35.5. The highest BCUT2D eigenvalue weighted by Gasteiger charge is 2.50. The third-order valence-electron chi connectivity index (χ3n) is 4.56. The first-order chi connectivity index (χ1) is 13.6. The van der Waals surface area contributed by atoms with Crippen LogP contribution in [0.3, 0.4) is 0 Å². The van der Waals surface area contributed by atoms with Crippen molar-refractivity contribution >= 4 is 46.3 Å². The molecule has 5 heteroatoms. The summed E-state index contributed by atoms with van der Waals surface area (Å²) >= 11 is 13.1. The molecule has 0 N–H and O–H groups in total. The van der Waals surface area contributed by atoms with Crippen molar-refractivity contribution in [2.45, 2.75) is 10.4 Å². The van der Waals surface area contributed by atoms with E-state index < -0.39 is 16.3 Å². The third kappa shape index (κ3) is 3.51. The van der Waals surface area contributed by atoms with Crippen LogP contribution in [-0.2, 0) is 9.53 Å². The summed E-state index contributed by atoms with van der Waals surface area (Å²) in [5.74, 6) is -0.261. The van der Waals surface area contributed by atoms with Gasteiger partial charge in [-0.05, 0) is 30.3 Å². The Morgan fingerprint density at radius 3 is 1.71 bits per heavy atom. The lowest BCUT2D eigenvalue weighted by Gasteiger charge is -2.40. The zero-order valence-corrected chi connectivity index (χ0v) is 16.3. The van der Waals surface area contributed by atoms with Crippen LogP contribution in [-0.4, -0.2) is 16.3 Å². The predicted octanol–water partition coefficient (Wildman–Crippen LogP) is 5.97. The lowest BCUT2D eigenvalue weighted by atomic mass is 10.0. The van der Waals surface area contributed by atoms with Gasteiger partial charge in [-0.15, -0.1) is 0 Å². The zero-order valence-electron chi connectivity index (χ0n) is 14.8. The predicted molar refractivity (Wildman–Crippen MR) is 114 cm³/mol. The van der Waals surface area contributed by atoms with Crippen LogP contribution in [0.5, 0.6) is 0 Å². The van der Waals surface area contributed by atoms with Crippen molar-refractivity contribution in [3.63, 3.8) is 0 Å². The summed E-state index contributed by atoms with van der Waals surface area (Å²) in [5.41, 5.74) is 2.51. The number of alkyl halides is 2. The monoisotopic (exact) mass is 409 g/mol. The van der Waals surface area contributed by atoms with Gasteiger partial charge in [0.1, 0.15) is 11.8 Å². The largest absolute Gasteiger partial charge is 0.424 e. The molecule has 0 saturated carbocycles. The maximum absolute atomic E-state index is 12.7. The van der Waals surface area contributed by atoms with Gasteiger partial charge < -0.3 is 9.64 Å². The van der Waals surface area contributed by atoms with E-state index in [1.807, 2.05) is 95.9 Å². The number of rotatable bonds is 4. The van der Waals surface area contributed by atoms with Crippen molar-refractivity contribution in [2.75, 3.05) is 4.90 Å². The lowest BCUT2D eigenvalue weighted by Crippen LogP contribution is -2.51. The Bertz CT molecular complexity index is 949. The van der Waals surface area contributed by atoms with Crippen molar-refractivity contribution in [3.05, 3.63) is 103 Å². The van der Waals surface area contributed by atoms with Crippen LogP contribution in [0.2, 0.25) is 0 Å². The number of nitrogens with zero attached hydrogens (tertiary/aromatic N) is 1. The number of esters is 1. The molecule has 0 aromatic heterocycles. The summed E-state index contributed by atoms with van der Waals surface area (Å²) in [7, 11) is 0. The number of halogens is 2. The molecule has 1 heterocycles. The molecule has 3 aromatic rings. The Hall–Kier alpha value is -2.75. The third-order valence-corrected chi connectivity index (χ3v) is 5.32. The van der Waals surface area contributed by atoms with Gasteiger partial charge in [0, 0.05) is 16.9 Å². The number of para-hydroxylation sites is 2. The molecule has 0 aliphatic carbocycles. The number of hydrogen-bond donors (Lipinski definition) is 0. The van der Waals surface area contributed by atoms with Gasteiger partial charge in [0.05, 0.1) is 0 Å². The Morgan fingerprint density at radius 2 is 1.21 bits per heavy atom. The second-order valence-corrected chi connectivity index (χ2v) is 7.78. The normalized spacial score (nSPS) is 18.1. The number of anilines is 2. The minimum atomic E-state index is -1.77. The van der Waals surface area contributed by atoms with Gasteiger partial charge in [-0.1, -0.05) is 89.9 Å². The van der Waals surface area contributed by atoms with Gasteiger partial charge in [-0.2, -0.15) is 0 Å². The summed E-state index contributed by atoms with van der Waals surface area (Å²) in [6.07, 6.45) is 1.80. The lowest BCUT2D eigenvalue weighted by molar-refractivity contribution is -0.138. The molecule has 3 aromatic carbocycles.